The van der Waals surface area contributed by atoms with Crippen molar-refractivity contribution in [2.24, 2.45) is 0 Å². The van der Waals surface area contributed by atoms with Crippen LogP contribution in [0.5, 0.6) is 0 Å². The molecular weight excluding hydrogens is 291 g/mol. The molecular formula is C12H10ClF5O. The van der Waals surface area contributed by atoms with Crippen LogP contribution in [0.1, 0.15) is 11.1 Å². The lowest BCUT2D eigenvalue weighted by molar-refractivity contribution is -0.137. The smallest absolute Gasteiger partial charge is 0.380 e. The van der Waals surface area contributed by atoms with Gasteiger partial charge >= 0.3 is 6.18 Å². The van der Waals surface area contributed by atoms with Crippen LogP contribution >= 0.6 is 11.6 Å². The Hall–Kier alpha value is -1.14. The minimum Gasteiger partial charge on any atom is -0.380 e. The van der Waals surface area contributed by atoms with Crippen molar-refractivity contribution in [3.63, 3.8) is 0 Å². The van der Waals surface area contributed by atoms with Crippen molar-refractivity contribution < 1.29 is 27.1 Å². The molecule has 0 aliphatic heterocycles. The quantitative estimate of drug-likeness (QED) is 0.832. The van der Waals surface area contributed by atoms with Crippen LogP contribution in [0.2, 0.25) is 5.02 Å². The van der Waals surface area contributed by atoms with E-state index in [9.17, 15) is 27.1 Å². The van der Waals surface area contributed by atoms with Gasteiger partial charge in [0.2, 0.25) is 0 Å². The first-order valence-electron chi connectivity index (χ1n) is 5.12. The van der Waals surface area contributed by atoms with E-state index in [2.05, 4.69) is 0 Å². The fraction of sp³-hybridized carbons (Fsp3) is 0.333. The third kappa shape index (κ3) is 4.18. The summed E-state index contributed by atoms with van der Waals surface area (Å²) in [6.45, 7) is -2.78. The Labute approximate surface area is 111 Å². The molecule has 0 spiro atoms. The van der Waals surface area contributed by atoms with Gasteiger partial charge in [-0.05, 0) is 29.8 Å². The fourth-order valence-corrected chi connectivity index (χ4v) is 1.40. The SMILES string of the molecule is OC(/C=C\c1cc(C(F)(F)F)ccc1Cl)(CF)CF. The summed E-state index contributed by atoms with van der Waals surface area (Å²) in [7, 11) is 0. The van der Waals surface area contributed by atoms with Crippen LogP contribution in [0.25, 0.3) is 6.08 Å². The average molecular weight is 301 g/mol. The predicted molar refractivity (Wildman–Crippen MR) is 62.4 cm³/mol. The molecule has 0 atom stereocenters. The maximum absolute atomic E-state index is 12.5. The molecule has 0 heterocycles. The Kier molecular flexibility index (Phi) is 4.92. The molecule has 0 fully saturated rings. The van der Waals surface area contributed by atoms with Crippen molar-refractivity contribution in [1.29, 1.82) is 0 Å². The van der Waals surface area contributed by atoms with Gasteiger partial charge in [0, 0.05) is 5.02 Å². The van der Waals surface area contributed by atoms with E-state index >= 15 is 0 Å². The van der Waals surface area contributed by atoms with Gasteiger partial charge in [-0.15, -0.1) is 0 Å². The fourth-order valence-electron chi connectivity index (χ4n) is 1.22. The number of aliphatic hydroxyl groups is 1. The lowest BCUT2D eigenvalue weighted by atomic mass is 10.0. The average Bonchev–Trinajstić information content (AvgIpc) is 2.36. The summed E-state index contributed by atoms with van der Waals surface area (Å²) in [4.78, 5) is 0. The van der Waals surface area contributed by atoms with E-state index in [-0.39, 0.29) is 10.6 Å². The minimum atomic E-state index is -4.55. The third-order valence-corrected chi connectivity index (χ3v) is 2.70. The second kappa shape index (κ2) is 5.88. The van der Waals surface area contributed by atoms with E-state index in [0.29, 0.717) is 0 Å². The number of hydrogen-bond donors (Lipinski definition) is 1. The molecule has 19 heavy (non-hydrogen) atoms. The molecule has 1 rings (SSSR count). The third-order valence-electron chi connectivity index (χ3n) is 2.36. The summed E-state index contributed by atoms with van der Waals surface area (Å²) < 4.78 is 62.1. The maximum Gasteiger partial charge on any atom is 0.416 e. The number of alkyl halides is 5. The Bertz CT molecular complexity index is 466. The number of hydrogen-bond acceptors (Lipinski definition) is 1. The highest BCUT2D eigenvalue weighted by Gasteiger charge is 2.31. The Morgan fingerprint density at radius 1 is 1.16 bits per heavy atom. The molecule has 0 aliphatic rings. The van der Waals surface area contributed by atoms with Gasteiger partial charge in [-0.1, -0.05) is 17.7 Å². The van der Waals surface area contributed by atoms with Crippen LogP contribution in [0, 0.1) is 0 Å². The molecule has 1 aromatic rings. The highest BCUT2D eigenvalue weighted by molar-refractivity contribution is 6.32. The minimum absolute atomic E-state index is 0.0238. The highest BCUT2D eigenvalue weighted by atomic mass is 35.5. The molecule has 1 aromatic carbocycles. The molecule has 0 bridgehead atoms. The van der Waals surface area contributed by atoms with Gasteiger partial charge < -0.3 is 5.11 Å². The first-order valence-corrected chi connectivity index (χ1v) is 5.50. The Balaban J connectivity index is 3.11. The molecule has 106 valence electrons. The first kappa shape index (κ1) is 15.9. The van der Waals surface area contributed by atoms with Crippen molar-refractivity contribution in [3.05, 3.63) is 40.4 Å². The standard InChI is InChI=1S/C12H10ClF5O/c13-10-2-1-9(12(16,17)18)5-8(10)3-4-11(19,6-14)7-15/h1-5,19H,6-7H2/b4-3-. The molecule has 0 saturated carbocycles. The topological polar surface area (TPSA) is 20.2 Å². The second-order valence-corrected chi connectivity index (χ2v) is 4.35. The zero-order valence-corrected chi connectivity index (χ0v) is 10.3. The lowest BCUT2D eigenvalue weighted by Crippen LogP contribution is -2.30. The monoisotopic (exact) mass is 300 g/mol. The van der Waals surface area contributed by atoms with E-state index in [0.717, 1.165) is 30.4 Å². The van der Waals surface area contributed by atoms with E-state index in [1.165, 1.54) is 0 Å². The summed E-state index contributed by atoms with van der Waals surface area (Å²) in [5.41, 5.74) is -3.38. The predicted octanol–water partition coefficient (Wildman–Crippen LogP) is 4.04. The Morgan fingerprint density at radius 2 is 1.74 bits per heavy atom. The van der Waals surface area contributed by atoms with Gasteiger partial charge in [0.1, 0.15) is 19.0 Å². The number of benzene rings is 1. The van der Waals surface area contributed by atoms with E-state index in [1.54, 1.807) is 0 Å². The summed E-state index contributed by atoms with van der Waals surface area (Å²) in [6, 6.07) is 2.54. The van der Waals surface area contributed by atoms with Crippen molar-refractivity contribution in [2.45, 2.75) is 11.8 Å². The molecule has 0 amide bonds. The molecule has 0 aliphatic carbocycles. The number of rotatable bonds is 4. The maximum atomic E-state index is 12.5. The zero-order valence-electron chi connectivity index (χ0n) is 9.52. The van der Waals surface area contributed by atoms with Crippen LogP contribution in [0.4, 0.5) is 22.0 Å². The van der Waals surface area contributed by atoms with Crippen LogP contribution in [-0.2, 0) is 6.18 Å². The second-order valence-electron chi connectivity index (χ2n) is 3.94. The van der Waals surface area contributed by atoms with Gasteiger partial charge in [-0.2, -0.15) is 13.2 Å². The van der Waals surface area contributed by atoms with Crippen LogP contribution in [-0.4, -0.2) is 24.1 Å². The molecule has 1 N–H and O–H groups in total. The molecule has 7 heteroatoms. The molecule has 0 saturated heterocycles. The largest absolute Gasteiger partial charge is 0.416 e. The van der Waals surface area contributed by atoms with Crippen molar-refractivity contribution >= 4 is 17.7 Å². The molecule has 0 unspecified atom stereocenters. The van der Waals surface area contributed by atoms with Gasteiger partial charge in [-0.25, -0.2) is 8.78 Å². The van der Waals surface area contributed by atoms with Gasteiger partial charge in [0.25, 0.3) is 0 Å². The number of halogens is 6. The summed E-state index contributed by atoms with van der Waals surface area (Å²) in [5.74, 6) is 0. The van der Waals surface area contributed by atoms with Crippen LogP contribution in [0.15, 0.2) is 24.3 Å². The van der Waals surface area contributed by atoms with E-state index < -0.39 is 30.7 Å². The Morgan fingerprint density at radius 3 is 2.21 bits per heavy atom. The highest BCUT2D eigenvalue weighted by Crippen LogP contribution is 2.32. The summed E-state index contributed by atoms with van der Waals surface area (Å²) in [6.07, 6.45) is -2.85. The summed E-state index contributed by atoms with van der Waals surface area (Å²) >= 11 is 5.67. The van der Waals surface area contributed by atoms with Crippen molar-refractivity contribution in [2.75, 3.05) is 13.3 Å². The van der Waals surface area contributed by atoms with Crippen LogP contribution in [0.3, 0.4) is 0 Å². The zero-order chi connectivity index (χ0) is 14.7. The molecule has 0 radical (unpaired) electrons. The summed E-state index contributed by atoms with van der Waals surface area (Å²) in [5, 5.41) is 9.28. The van der Waals surface area contributed by atoms with Gasteiger partial charge in [-0.3, -0.25) is 0 Å². The van der Waals surface area contributed by atoms with E-state index in [1.807, 2.05) is 0 Å². The molecule has 0 aromatic heterocycles. The molecule has 1 nitrogen and oxygen atoms in total. The normalized spacial score (nSPS) is 13.2. The van der Waals surface area contributed by atoms with Crippen LogP contribution < -0.4 is 0 Å². The van der Waals surface area contributed by atoms with Crippen molar-refractivity contribution in [1.82, 2.24) is 0 Å². The van der Waals surface area contributed by atoms with Gasteiger partial charge in [0.05, 0.1) is 5.56 Å². The lowest BCUT2D eigenvalue weighted by Gasteiger charge is -2.16. The van der Waals surface area contributed by atoms with E-state index in [4.69, 9.17) is 11.6 Å². The van der Waals surface area contributed by atoms with Crippen molar-refractivity contribution in [3.8, 4) is 0 Å². The first-order chi connectivity index (χ1) is 8.72. The van der Waals surface area contributed by atoms with Gasteiger partial charge in [0.15, 0.2) is 0 Å².